The van der Waals surface area contributed by atoms with Gasteiger partial charge in [0.25, 0.3) is 5.79 Å². The van der Waals surface area contributed by atoms with Gasteiger partial charge in [0.1, 0.15) is 0 Å². The molecule has 0 bridgehead atoms. The van der Waals surface area contributed by atoms with Crippen molar-refractivity contribution in [3.63, 3.8) is 0 Å². The number of rotatable bonds is 2. The summed E-state index contributed by atoms with van der Waals surface area (Å²) in [5.74, 6) is 1.00. The van der Waals surface area contributed by atoms with Crippen molar-refractivity contribution in [1.82, 2.24) is 0 Å². The lowest BCUT2D eigenvalue weighted by Crippen LogP contribution is -2.31. The van der Waals surface area contributed by atoms with Crippen molar-refractivity contribution in [3.8, 4) is 11.5 Å². The van der Waals surface area contributed by atoms with E-state index in [2.05, 4.69) is 13.0 Å². The largest absolute Gasteiger partial charge is 0.445 e. The first-order valence-corrected chi connectivity index (χ1v) is 7.28. The highest BCUT2D eigenvalue weighted by Crippen LogP contribution is 2.45. The summed E-state index contributed by atoms with van der Waals surface area (Å²) in [6.45, 7) is 8.08. The van der Waals surface area contributed by atoms with Crippen molar-refractivity contribution >= 4 is 0 Å². The number of para-hydroxylation sites is 1. The average molecular weight is 270 g/mol. The van der Waals surface area contributed by atoms with E-state index >= 15 is 0 Å². The molecule has 0 radical (unpaired) electrons. The fourth-order valence-electron chi connectivity index (χ4n) is 2.32. The first kappa shape index (κ1) is 14.4. The van der Waals surface area contributed by atoms with Crippen LogP contribution in [-0.2, 0) is 12.2 Å². The molecule has 0 amide bonds. The summed E-state index contributed by atoms with van der Waals surface area (Å²) in [5.41, 5.74) is 2.22. The molecule has 1 aliphatic rings. The second kappa shape index (κ2) is 6.00. The van der Waals surface area contributed by atoms with Crippen LogP contribution < -0.4 is 9.47 Å². The zero-order valence-electron chi connectivity index (χ0n) is 12.6. The Bertz CT molecular complexity index is 563. The molecule has 0 aromatic heterocycles. The van der Waals surface area contributed by atoms with Gasteiger partial charge < -0.3 is 9.47 Å². The quantitative estimate of drug-likeness (QED) is 0.771. The highest BCUT2D eigenvalue weighted by atomic mass is 16.7. The molecule has 0 aliphatic carbocycles. The minimum atomic E-state index is -0.713. The van der Waals surface area contributed by atoms with Gasteiger partial charge in [-0.1, -0.05) is 63.2 Å². The normalized spacial score (nSPS) is 19.2. The maximum Gasteiger partial charge on any atom is 0.275 e. The minimum absolute atomic E-state index is 0.713. The van der Waals surface area contributed by atoms with E-state index in [4.69, 9.17) is 9.47 Å². The van der Waals surface area contributed by atoms with Crippen LogP contribution in [0, 0.1) is 0 Å². The summed E-state index contributed by atoms with van der Waals surface area (Å²) in [7, 11) is 0. The smallest absolute Gasteiger partial charge is 0.275 e. The van der Waals surface area contributed by atoms with Gasteiger partial charge >= 0.3 is 0 Å². The standard InChI is InChI=1S/C16H16O2.C2H6/c1-3-12-8-7-11-14-15(12)18-16(2,17-14)13-9-5-4-6-10-13;1-2/h4-11H,3H2,1-2H3;1-2H3. The number of benzene rings is 2. The first-order valence-electron chi connectivity index (χ1n) is 7.28. The van der Waals surface area contributed by atoms with E-state index in [1.165, 1.54) is 5.56 Å². The van der Waals surface area contributed by atoms with Gasteiger partial charge in [-0.05, 0) is 18.1 Å². The predicted octanol–water partition coefficient (Wildman–Crippen LogP) is 4.92. The lowest BCUT2D eigenvalue weighted by atomic mass is 10.1. The fraction of sp³-hybridized carbons (Fsp3) is 0.333. The highest BCUT2D eigenvalue weighted by molar-refractivity contribution is 5.50. The van der Waals surface area contributed by atoms with Crippen LogP contribution in [0.5, 0.6) is 11.5 Å². The Kier molecular flexibility index (Phi) is 4.33. The van der Waals surface area contributed by atoms with Crippen LogP contribution >= 0.6 is 0 Å². The Morgan fingerprint density at radius 1 is 0.900 bits per heavy atom. The molecule has 0 spiro atoms. The molecule has 1 aliphatic heterocycles. The van der Waals surface area contributed by atoms with Gasteiger partial charge in [-0.25, -0.2) is 0 Å². The van der Waals surface area contributed by atoms with Gasteiger partial charge in [-0.3, -0.25) is 0 Å². The van der Waals surface area contributed by atoms with Crippen LogP contribution in [0.1, 0.15) is 38.8 Å². The molecule has 1 unspecified atom stereocenters. The molecule has 2 aromatic carbocycles. The Morgan fingerprint density at radius 2 is 1.60 bits per heavy atom. The molecule has 1 atom stereocenters. The van der Waals surface area contributed by atoms with Crippen molar-refractivity contribution in [3.05, 3.63) is 59.7 Å². The van der Waals surface area contributed by atoms with Crippen molar-refractivity contribution in [1.29, 1.82) is 0 Å². The van der Waals surface area contributed by atoms with Gasteiger partial charge in [-0.2, -0.15) is 0 Å². The number of fused-ring (bicyclic) bond motifs is 1. The zero-order chi connectivity index (χ0) is 14.6. The summed E-state index contributed by atoms with van der Waals surface area (Å²) >= 11 is 0. The fourth-order valence-corrected chi connectivity index (χ4v) is 2.32. The second-order valence-corrected chi connectivity index (χ2v) is 4.61. The Balaban J connectivity index is 0.000000704. The molecule has 2 nitrogen and oxygen atoms in total. The summed E-state index contributed by atoms with van der Waals surface area (Å²) in [6.07, 6.45) is 0.942. The Hall–Kier alpha value is -1.96. The molecule has 106 valence electrons. The topological polar surface area (TPSA) is 18.5 Å². The molecular weight excluding hydrogens is 248 g/mol. The van der Waals surface area contributed by atoms with E-state index in [0.717, 1.165) is 23.5 Å². The molecule has 0 saturated heterocycles. The van der Waals surface area contributed by atoms with E-state index in [1.807, 2.05) is 63.2 Å². The van der Waals surface area contributed by atoms with Gasteiger partial charge in [0.15, 0.2) is 11.5 Å². The van der Waals surface area contributed by atoms with Gasteiger partial charge in [0.05, 0.1) is 0 Å². The van der Waals surface area contributed by atoms with Crippen LogP contribution in [0.25, 0.3) is 0 Å². The third-order valence-corrected chi connectivity index (χ3v) is 3.34. The van der Waals surface area contributed by atoms with Crippen LogP contribution in [0.4, 0.5) is 0 Å². The van der Waals surface area contributed by atoms with Gasteiger partial charge in [0, 0.05) is 12.5 Å². The summed E-state index contributed by atoms with van der Waals surface area (Å²) in [5, 5.41) is 0. The van der Waals surface area contributed by atoms with E-state index in [9.17, 15) is 0 Å². The number of hydrogen-bond donors (Lipinski definition) is 0. The molecule has 2 aromatic rings. The lowest BCUT2D eigenvalue weighted by Gasteiger charge is -2.23. The second-order valence-electron chi connectivity index (χ2n) is 4.61. The summed E-state index contributed by atoms with van der Waals surface area (Å²) in [4.78, 5) is 0. The SMILES string of the molecule is CC.CCc1cccc2c1OC(C)(c1ccccc1)O2. The Morgan fingerprint density at radius 3 is 2.25 bits per heavy atom. The molecule has 2 heteroatoms. The molecule has 1 heterocycles. The van der Waals surface area contributed by atoms with Crippen molar-refractivity contribution in [2.75, 3.05) is 0 Å². The molecule has 0 N–H and O–H groups in total. The van der Waals surface area contributed by atoms with Crippen LogP contribution in [0.2, 0.25) is 0 Å². The third-order valence-electron chi connectivity index (χ3n) is 3.34. The summed E-state index contributed by atoms with van der Waals surface area (Å²) < 4.78 is 12.1. The average Bonchev–Trinajstić information content (AvgIpc) is 2.87. The van der Waals surface area contributed by atoms with Crippen LogP contribution in [0.3, 0.4) is 0 Å². The van der Waals surface area contributed by atoms with E-state index in [0.29, 0.717) is 0 Å². The summed E-state index contributed by atoms with van der Waals surface area (Å²) in [6, 6.07) is 16.1. The maximum absolute atomic E-state index is 6.08. The molecular formula is C18H22O2. The predicted molar refractivity (Wildman–Crippen MR) is 82.2 cm³/mol. The minimum Gasteiger partial charge on any atom is -0.445 e. The molecule has 20 heavy (non-hydrogen) atoms. The van der Waals surface area contributed by atoms with Crippen molar-refractivity contribution in [2.24, 2.45) is 0 Å². The van der Waals surface area contributed by atoms with Gasteiger partial charge in [0.2, 0.25) is 0 Å². The van der Waals surface area contributed by atoms with E-state index in [1.54, 1.807) is 0 Å². The monoisotopic (exact) mass is 270 g/mol. The Labute approximate surface area is 121 Å². The first-order chi connectivity index (χ1) is 9.73. The number of hydrogen-bond acceptors (Lipinski definition) is 2. The van der Waals surface area contributed by atoms with Crippen molar-refractivity contribution < 1.29 is 9.47 Å². The lowest BCUT2D eigenvalue weighted by molar-refractivity contribution is -0.0683. The van der Waals surface area contributed by atoms with E-state index in [-0.39, 0.29) is 0 Å². The van der Waals surface area contributed by atoms with Gasteiger partial charge in [-0.15, -0.1) is 0 Å². The third kappa shape index (κ3) is 2.51. The van der Waals surface area contributed by atoms with Crippen LogP contribution in [-0.4, -0.2) is 0 Å². The van der Waals surface area contributed by atoms with Crippen LogP contribution in [0.15, 0.2) is 48.5 Å². The van der Waals surface area contributed by atoms with Crippen molar-refractivity contribution in [2.45, 2.75) is 39.9 Å². The van der Waals surface area contributed by atoms with E-state index < -0.39 is 5.79 Å². The number of aryl methyl sites for hydroxylation is 1. The maximum atomic E-state index is 6.08. The molecule has 0 fully saturated rings. The number of ether oxygens (including phenoxy) is 2. The molecule has 3 rings (SSSR count). The highest BCUT2D eigenvalue weighted by Gasteiger charge is 2.39. The molecule has 0 saturated carbocycles. The zero-order valence-corrected chi connectivity index (χ0v) is 12.6.